The smallest absolute Gasteiger partial charge is 0.287 e. The van der Waals surface area contributed by atoms with Gasteiger partial charge in [-0.25, -0.2) is 4.98 Å². The average molecular weight is 473 g/mol. The number of benzene rings is 2. The Bertz CT molecular complexity index is 1190. The molecule has 1 unspecified atom stereocenters. The Morgan fingerprint density at radius 2 is 1.66 bits per heavy atom. The molecule has 2 aliphatic rings. The van der Waals surface area contributed by atoms with E-state index in [-0.39, 0.29) is 29.7 Å². The van der Waals surface area contributed by atoms with E-state index >= 15 is 0 Å². The summed E-state index contributed by atoms with van der Waals surface area (Å²) in [5, 5.41) is 7.37. The number of amides is 2. The molecule has 2 heterocycles. The van der Waals surface area contributed by atoms with E-state index in [0.717, 1.165) is 36.8 Å². The van der Waals surface area contributed by atoms with E-state index in [1.165, 1.54) is 0 Å². The second-order valence-corrected chi connectivity index (χ2v) is 9.21. The maximum absolute atomic E-state index is 12.7. The molecule has 5 rings (SSSR count). The van der Waals surface area contributed by atoms with Crippen molar-refractivity contribution in [2.45, 2.75) is 50.3 Å². The van der Waals surface area contributed by atoms with Crippen molar-refractivity contribution in [1.82, 2.24) is 20.6 Å². The maximum Gasteiger partial charge on any atom is 0.287 e. The normalized spacial score (nSPS) is 22.2. The van der Waals surface area contributed by atoms with Gasteiger partial charge in [0.2, 0.25) is 0 Å². The number of imidazole rings is 1. The molecule has 7 nitrogen and oxygen atoms in total. The average Bonchev–Trinajstić information content (AvgIpc) is 3.38. The minimum absolute atomic E-state index is 0.0431. The molecule has 3 N–H and O–H groups in total. The van der Waals surface area contributed by atoms with Crippen molar-refractivity contribution in [1.29, 1.82) is 0 Å². The molecule has 1 aliphatic carbocycles. The number of aromatic amines is 1. The number of hydrogen-bond donors (Lipinski definition) is 3. The highest BCUT2D eigenvalue weighted by Crippen LogP contribution is 2.31. The molecule has 0 radical (unpaired) electrons. The van der Waals surface area contributed by atoms with Crippen LogP contribution in [0.5, 0.6) is 5.75 Å². The second kappa shape index (κ2) is 8.64. The highest BCUT2D eigenvalue weighted by Gasteiger charge is 2.32. The monoisotopic (exact) mass is 472 g/mol. The van der Waals surface area contributed by atoms with E-state index < -0.39 is 6.10 Å². The Balaban J connectivity index is 1.11. The minimum Gasteiger partial charge on any atom is -0.480 e. The molecule has 1 atom stereocenters. The molecule has 0 spiro atoms. The fourth-order valence-corrected chi connectivity index (χ4v) is 4.75. The summed E-state index contributed by atoms with van der Waals surface area (Å²) in [5.41, 5.74) is 2.38. The van der Waals surface area contributed by atoms with Gasteiger partial charge in [-0.15, -0.1) is 0 Å². The lowest BCUT2D eigenvalue weighted by molar-refractivity contribution is -0.128. The molecular formula is C23H22Cl2N4O3. The molecule has 32 heavy (non-hydrogen) atoms. The van der Waals surface area contributed by atoms with Gasteiger partial charge in [0.25, 0.3) is 11.8 Å². The van der Waals surface area contributed by atoms with Crippen molar-refractivity contribution in [2.75, 3.05) is 0 Å². The summed E-state index contributed by atoms with van der Waals surface area (Å²) in [6.07, 6.45) is 3.14. The summed E-state index contributed by atoms with van der Waals surface area (Å²) in [6, 6.07) is 10.8. The van der Waals surface area contributed by atoms with E-state index in [1.54, 1.807) is 30.3 Å². The third kappa shape index (κ3) is 4.40. The third-order valence-corrected chi connectivity index (χ3v) is 6.53. The number of ether oxygens (including phenoxy) is 1. The predicted molar refractivity (Wildman–Crippen MR) is 122 cm³/mol. The molecule has 2 amide bonds. The number of H-pyrrole nitrogens is 1. The van der Waals surface area contributed by atoms with Crippen LogP contribution in [0.1, 0.15) is 41.9 Å². The fraction of sp³-hybridized carbons (Fsp3) is 0.348. The first-order valence-electron chi connectivity index (χ1n) is 10.7. The zero-order valence-electron chi connectivity index (χ0n) is 17.2. The Morgan fingerprint density at radius 1 is 0.969 bits per heavy atom. The lowest BCUT2D eigenvalue weighted by Crippen LogP contribution is -2.47. The van der Waals surface area contributed by atoms with Crippen molar-refractivity contribution < 1.29 is 14.3 Å². The summed E-state index contributed by atoms with van der Waals surface area (Å²) >= 11 is 12.0. The molecule has 1 aromatic heterocycles. The van der Waals surface area contributed by atoms with Crippen LogP contribution >= 0.6 is 23.2 Å². The van der Waals surface area contributed by atoms with Crippen LogP contribution in [-0.4, -0.2) is 40.0 Å². The van der Waals surface area contributed by atoms with E-state index in [0.29, 0.717) is 27.7 Å². The van der Waals surface area contributed by atoms with Crippen LogP contribution in [0.15, 0.2) is 36.4 Å². The van der Waals surface area contributed by atoms with Crippen LogP contribution in [-0.2, 0) is 11.2 Å². The van der Waals surface area contributed by atoms with Crippen LogP contribution in [0.4, 0.5) is 0 Å². The number of rotatable bonds is 4. The van der Waals surface area contributed by atoms with Gasteiger partial charge in [-0.1, -0.05) is 23.2 Å². The first-order valence-corrected chi connectivity index (χ1v) is 11.4. The van der Waals surface area contributed by atoms with Gasteiger partial charge in [-0.2, -0.15) is 0 Å². The van der Waals surface area contributed by atoms with Gasteiger partial charge in [0.05, 0.1) is 11.0 Å². The topological polar surface area (TPSA) is 96.1 Å². The molecule has 1 aliphatic heterocycles. The molecular weight excluding hydrogens is 451 g/mol. The van der Waals surface area contributed by atoms with Gasteiger partial charge < -0.3 is 20.4 Å². The zero-order chi connectivity index (χ0) is 22.2. The van der Waals surface area contributed by atoms with Crippen molar-refractivity contribution in [3.05, 3.63) is 57.8 Å². The summed E-state index contributed by atoms with van der Waals surface area (Å²) in [4.78, 5) is 32.6. The van der Waals surface area contributed by atoms with E-state index in [1.807, 2.05) is 6.07 Å². The molecule has 0 bridgehead atoms. The minimum atomic E-state index is -0.525. The summed E-state index contributed by atoms with van der Waals surface area (Å²) in [5.74, 6) is 0.649. The Hall–Kier alpha value is -2.77. The number of fused-ring (bicyclic) bond motifs is 2. The first kappa shape index (κ1) is 21.1. The SMILES string of the molecule is O=C(NC1CCC(NC(=O)C2Cc3cc(Cl)ccc3O2)CC1)c1nc2ccc(Cl)cc2[nH]1. The molecule has 3 aromatic rings. The van der Waals surface area contributed by atoms with Gasteiger partial charge in [-0.3, -0.25) is 9.59 Å². The number of halogens is 2. The number of nitrogens with zero attached hydrogens (tertiary/aromatic N) is 1. The fourth-order valence-electron chi connectivity index (χ4n) is 4.38. The third-order valence-electron chi connectivity index (χ3n) is 6.06. The summed E-state index contributed by atoms with van der Waals surface area (Å²) in [7, 11) is 0. The van der Waals surface area contributed by atoms with Crippen molar-refractivity contribution >= 4 is 46.0 Å². The van der Waals surface area contributed by atoms with Gasteiger partial charge in [-0.05, 0) is 67.6 Å². The lowest BCUT2D eigenvalue weighted by Gasteiger charge is -2.30. The maximum atomic E-state index is 12.7. The Kier molecular flexibility index (Phi) is 5.69. The number of carbonyl (C=O) groups excluding carboxylic acids is 2. The molecule has 166 valence electrons. The van der Waals surface area contributed by atoms with Crippen LogP contribution in [0.2, 0.25) is 10.0 Å². The molecule has 1 saturated carbocycles. The van der Waals surface area contributed by atoms with Gasteiger partial charge >= 0.3 is 0 Å². The first-order chi connectivity index (χ1) is 15.4. The highest BCUT2D eigenvalue weighted by atomic mass is 35.5. The zero-order valence-corrected chi connectivity index (χ0v) is 18.7. The van der Waals surface area contributed by atoms with E-state index in [4.69, 9.17) is 27.9 Å². The van der Waals surface area contributed by atoms with Crippen LogP contribution in [0.25, 0.3) is 11.0 Å². The summed E-state index contributed by atoms with van der Waals surface area (Å²) < 4.78 is 5.77. The number of aromatic nitrogens is 2. The van der Waals surface area contributed by atoms with Gasteiger partial charge in [0.15, 0.2) is 11.9 Å². The van der Waals surface area contributed by atoms with Crippen molar-refractivity contribution in [3.63, 3.8) is 0 Å². The lowest BCUT2D eigenvalue weighted by atomic mass is 9.91. The van der Waals surface area contributed by atoms with Gasteiger partial charge in [0.1, 0.15) is 5.75 Å². The highest BCUT2D eigenvalue weighted by molar-refractivity contribution is 6.31. The standard InChI is InChI=1S/C23H22Cl2N4O3/c24-13-2-8-19-12(9-13)10-20(32-19)22(30)26-15-3-5-16(6-4-15)27-23(31)21-28-17-7-1-14(25)11-18(17)29-21/h1-2,7-9,11,15-16,20H,3-6,10H2,(H,26,30)(H,27,31)(H,28,29). The molecule has 1 fully saturated rings. The van der Waals surface area contributed by atoms with Crippen LogP contribution in [0, 0.1) is 0 Å². The van der Waals surface area contributed by atoms with Crippen LogP contribution in [0.3, 0.4) is 0 Å². The summed E-state index contributed by atoms with van der Waals surface area (Å²) in [6.45, 7) is 0. The molecule has 9 heteroatoms. The largest absolute Gasteiger partial charge is 0.480 e. The van der Waals surface area contributed by atoms with Gasteiger partial charge in [0, 0.05) is 28.5 Å². The molecule has 2 aromatic carbocycles. The van der Waals surface area contributed by atoms with Crippen molar-refractivity contribution in [3.8, 4) is 5.75 Å². The van der Waals surface area contributed by atoms with E-state index in [9.17, 15) is 9.59 Å². The Morgan fingerprint density at radius 3 is 2.44 bits per heavy atom. The Labute approximate surface area is 194 Å². The van der Waals surface area contributed by atoms with Crippen LogP contribution < -0.4 is 15.4 Å². The predicted octanol–water partition coefficient (Wildman–Crippen LogP) is 4.03. The number of hydrogen-bond acceptors (Lipinski definition) is 4. The van der Waals surface area contributed by atoms with E-state index in [2.05, 4.69) is 20.6 Å². The second-order valence-electron chi connectivity index (χ2n) is 8.34. The van der Waals surface area contributed by atoms with Crippen molar-refractivity contribution in [2.24, 2.45) is 0 Å². The number of nitrogens with one attached hydrogen (secondary N) is 3. The molecule has 0 saturated heterocycles. The quantitative estimate of drug-likeness (QED) is 0.533. The number of carbonyl (C=O) groups is 2.